The first kappa shape index (κ1) is 19.6. The SMILES string of the molecule is Cc1cc(/C=C(/C#N)C(=O)Nc2ccccc2C(=O)O)c(C)n1-c1ccccc1. The molecule has 2 N–H and O–H groups in total. The van der Waals surface area contributed by atoms with E-state index in [2.05, 4.69) is 5.32 Å². The molecule has 144 valence electrons. The van der Waals surface area contributed by atoms with Crippen molar-refractivity contribution in [2.24, 2.45) is 0 Å². The lowest BCUT2D eigenvalue weighted by molar-refractivity contribution is -0.112. The second-order valence-corrected chi connectivity index (χ2v) is 6.47. The number of carbonyl (C=O) groups excluding carboxylic acids is 1. The zero-order chi connectivity index (χ0) is 21.0. The normalized spacial score (nSPS) is 11.0. The number of carboxylic acid groups (broad SMARTS) is 1. The van der Waals surface area contributed by atoms with Crippen LogP contribution in [0.2, 0.25) is 0 Å². The number of carbonyl (C=O) groups is 2. The molecule has 6 nitrogen and oxygen atoms in total. The van der Waals surface area contributed by atoms with Gasteiger partial charge in [-0.05, 0) is 55.8 Å². The number of rotatable bonds is 5. The van der Waals surface area contributed by atoms with Crippen LogP contribution < -0.4 is 5.32 Å². The fourth-order valence-electron chi connectivity index (χ4n) is 3.18. The highest BCUT2D eigenvalue weighted by atomic mass is 16.4. The number of carboxylic acids is 1. The molecule has 0 saturated heterocycles. The number of aromatic nitrogens is 1. The predicted molar refractivity (Wildman–Crippen MR) is 111 cm³/mol. The van der Waals surface area contributed by atoms with E-state index < -0.39 is 11.9 Å². The van der Waals surface area contributed by atoms with Crippen LogP contribution in [-0.2, 0) is 4.79 Å². The Labute approximate surface area is 168 Å². The van der Waals surface area contributed by atoms with E-state index in [-0.39, 0.29) is 16.8 Å². The summed E-state index contributed by atoms with van der Waals surface area (Å²) in [6, 6.07) is 19.6. The van der Waals surface area contributed by atoms with E-state index in [4.69, 9.17) is 0 Å². The third-order valence-corrected chi connectivity index (χ3v) is 4.56. The largest absolute Gasteiger partial charge is 0.478 e. The van der Waals surface area contributed by atoms with Crippen LogP contribution >= 0.6 is 0 Å². The molecule has 29 heavy (non-hydrogen) atoms. The van der Waals surface area contributed by atoms with Gasteiger partial charge >= 0.3 is 5.97 Å². The first-order chi connectivity index (χ1) is 13.9. The summed E-state index contributed by atoms with van der Waals surface area (Å²) in [5, 5.41) is 21.3. The maximum absolute atomic E-state index is 12.6. The van der Waals surface area contributed by atoms with Gasteiger partial charge in [0.1, 0.15) is 11.6 Å². The highest BCUT2D eigenvalue weighted by Crippen LogP contribution is 2.23. The zero-order valence-electron chi connectivity index (χ0n) is 16.0. The molecule has 3 aromatic rings. The summed E-state index contributed by atoms with van der Waals surface area (Å²) in [5.74, 6) is -1.82. The molecule has 0 bridgehead atoms. The van der Waals surface area contributed by atoms with Gasteiger partial charge in [0.05, 0.1) is 11.3 Å². The van der Waals surface area contributed by atoms with Crippen LogP contribution in [0.1, 0.15) is 27.3 Å². The third kappa shape index (κ3) is 4.09. The van der Waals surface area contributed by atoms with Crippen molar-refractivity contribution in [1.82, 2.24) is 4.57 Å². The molecule has 1 amide bonds. The molecule has 0 fully saturated rings. The molecule has 0 aliphatic rings. The molecule has 0 saturated carbocycles. The number of hydrogen-bond acceptors (Lipinski definition) is 3. The van der Waals surface area contributed by atoms with Crippen molar-refractivity contribution in [3.63, 3.8) is 0 Å². The van der Waals surface area contributed by atoms with E-state index in [1.807, 2.05) is 60.9 Å². The molecule has 6 heteroatoms. The zero-order valence-corrected chi connectivity index (χ0v) is 16.0. The number of nitrogens with one attached hydrogen (secondary N) is 1. The monoisotopic (exact) mass is 385 g/mol. The molecule has 0 aliphatic heterocycles. The topological polar surface area (TPSA) is 95.1 Å². The molecule has 0 aliphatic carbocycles. The van der Waals surface area contributed by atoms with Crippen LogP contribution in [-0.4, -0.2) is 21.6 Å². The highest BCUT2D eigenvalue weighted by molar-refractivity contribution is 6.11. The molecule has 0 radical (unpaired) electrons. The van der Waals surface area contributed by atoms with E-state index in [1.54, 1.807) is 12.1 Å². The maximum atomic E-state index is 12.6. The minimum atomic E-state index is -1.16. The Morgan fingerprint density at radius 1 is 1.07 bits per heavy atom. The molecule has 2 aromatic carbocycles. The smallest absolute Gasteiger partial charge is 0.337 e. The summed E-state index contributed by atoms with van der Waals surface area (Å²) in [7, 11) is 0. The van der Waals surface area contributed by atoms with Crippen LogP contribution in [0, 0.1) is 25.2 Å². The number of aryl methyl sites for hydroxylation is 1. The summed E-state index contributed by atoms with van der Waals surface area (Å²) in [5.41, 5.74) is 3.57. The van der Waals surface area contributed by atoms with Gasteiger partial charge in [0.15, 0.2) is 0 Å². The molecule has 0 spiro atoms. The second kappa shape index (κ2) is 8.28. The van der Waals surface area contributed by atoms with E-state index in [1.165, 1.54) is 18.2 Å². The number of benzene rings is 2. The summed E-state index contributed by atoms with van der Waals surface area (Å²) < 4.78 is 2.04. The Bertz CT molecular complexity index is 1150. The fourth-order valence-corrected chi connectivity index (χ4v) is 3.18. The summed E-state index contributed by atoms with van der Waals surface area (Å²) in [4.78, 5) is 23.9. The minimum Gasteiger partial charge on any atom is -0.478 e. The molecule has 1 heterocycles. The average Bonchev–Trinajstić information content (AvgIpc) is 2.99. The third-order valence-electron chi connectivity index (χ3n) is 4.56. The molecule has 1 aromatic heterocycles. The first-order valence-electron chi connectivity index (χ1n) is 8.92. The summed E-state index contributed by atoms with van der Waals surface area (Å²) in [6.45, 7) is 3.87. The van der Waals surface area contributed by atoms with Crippen LogP contribution in [0.15, 0.2) is 66.2 Å². The molecule has 0 atom stereocenters. The lowest BCUT2D eigenvalue weighted by atomic mass is 10.1. The Balaban J connectivity index is 1.95. The van der Waals surface area contributed by atoms with Gasteiger partial charge in [0, 0.05) is 17.1 Å². The van der Waals surface area contributed by atoms with Gasteiger partial charge in [-0.3, -0.25) is 4.79 Å². The number of hydrogen-bond donors (Lipinski definition) is 2. The van der Waals surface area contributed by atoms with Gasteiger partial charge in [0.25, 0.3) is 5.91 Å². The quantitative estimate of drug-likeness (QED) is 0.504. The molecule has 3 rings (SSSR count). The summed E-state index contributed by atoms with van der Waals surface area (Å²) >= 11 is 0. The van der Waals surface area contributed by atoms with Crippen molar-refractivity contribution in [2.75, 3.05) is 5.32 Å². The standard InChI is InChI=1S/C23H19N3O3/c1-15-12-17(16(2)26(15)19-8-4-3-5-9-19)13-18(14-24)22(27)25-21-11-7-6-10-20(21)23(28)29/h3-13H,1-2H3,(H,25,27)(H,28,29)/b18-13-. The Hall–Kier alpha value is -4.11. The lowest BCUT2D eigenvalue weighted by Crippen LogP contribution is -2.16. The van der Waals surface area contributed by atoms with Gasteiger partial charge in [-0.25, -0.2) is 4.79 Å². The minimum absolute atomic E-state index is 0.0413. The van der Waals surface area contributed by atoms with E-state index >= 15 is 0 Å². The Kier molecular flexibility index (Phi) is 5.61. The number of aromatic carboxylic acids is 1. The Morgan fingerprint density at radius 2 is 1.72 bits per heavy atom. The number of anilines is 1. The predicted octanol–water partition coefficient (Wildman–Crippen LogP) is 4.34. The van der Waals surface area contributed by atoms with Gasteiger partial charge in [-0.2, -0.15) is 5.26 Å². The van der Waals surface area contributed by atoms with Gasteiger partial charge in [-0.15, -0.1) is 0 Å². The average molecular weight is 385 g/mol. The number of nitriles is 1. The maximum Gasteiger partial charge on any atom is 0.337 e. The Morgan fingerprint density at radius 3 is 2.38 bits per heavy atom. The van der Waals surface area contributed by atoms with E-state index in [0.717, 1.165) is 22.6 Å². The number of nitrogens with zero attached hydrogens (tertiary/aromatic N) is 2. The number of amides is 1. The van der Waals surface area contributed by atoms with Crippen molar-refractivity contribution in [3.05, 3.63) is 88.8 Å². The van der Waals surface area contributed by atoms with Gasteiger partial charge in [0.2, 0.25) is 0 Å². The van der Waals surface area contributed by atoms with Crippen molar-refractivity contribution in [2.45, 2.75) is 13.8 Å². The first-order valence-corrected chi connectivity index (χ1v) is 8.92. The van der Waals surface area contributed by atoms with Crippen LogP contribution in [0.5, 0.6) is 0 Å². The summed E-state index contributed by atoms with van der Waals surface area (Å²) in [6.07, 6.45) is 1.51. The van der Waals surface area contributed by atoms with Gasteiger partial charge in [-0.1, -0.05) is 30.3 Å². The van der Waals surface area contributed by atoms with E-state index in [0.29, 0.717) is 0 Å². The van der Waals surface area contributed by atoms with Crippen molar-refractivity contribution >= 4 is 23.6 Å². The van der Waals surface area contributed by atoms with Crippen molar-refractivity contribution in [1.29, 1.82) is 5.26 Å². The van der Waals surface area contributed by atoms with Crippen LogP contribution in [0.3, 0.4) is 0 Å². The highest BCUT2D eigenvalue weighted by Gasteiger charge is 2.16. The lowest BCUT2D eigenvalue weighted by Gasteiger charge is -2.09. The molecular formula is C23H19N3O3. The van der Waals surface area contributed by atoms with Crippen molar-refractivity contribution in [3.8, 4) is 11.8 Å². The van der Waals surface area contributed by atoms with Crippen molar-refractivity contribution < 1.29 is 14.7 Å². The molecular weight excluding hydrogens is 366 g/mol. The van der Waals surface area contributed by atoms with Crippen LogP contribution in [0.25, 0.3) is 11.8 Å². The van der Waals surface area contributed by atoms with E-state index in [9.17, 15) is 20.0 Å². The van der Waals surface area contributed by atoms with Gasteiger partial charge < -0.3 is 15.0 Å². The van der Waals surface area contributed by atoms with Crippen LogP contribution in [0.4, 0.5) is 5.69 Å². The second-order valence-electron chi connectivity index (χ2n) is 6.47. The number of para-hydroxylation sites is 2. The molecule has 0 unspecified atom stereocenters. The fraction of sp³-hybridized carbons (Fsp3) is 0.0870.